The van der Waals surface area contributed by atoms with Crippen molar-refractivity contribution >= 4 is 13.7 Å². The van der Waals surface area contributed by atoms with Crippen molar-refractivity contribution < 1.29 is 45.1 Å². The first-order valence-corrected chi connectivity index (χ1v) is 8.91. The van der Waals surface area contributed by atoms with Crippen LogP contribution in [0.25, 0.3) is 0 Å². The van der Waals surface area contributed by atoms with Gasteiger partial charge >= 0.3 is 13.7 Å². The average molecular weight is 405 g/mol. The van der Waals surface area contributed by atoms with E-state index in [-0.39, 0.29) is 6.61 Å². The van der Waals surface area contributed by atoms with Crippen molar-refractivity contribution in [3.8, 4) is 5.75 Å². The van der Waals surface area contributed by atoms with Gasteiger partial charge in [-0.1, -0.05) is 0 Å². The van der Waals surface area contributed by atoms with Gasteiger partial charge in [0, 0.05) is 0 Å². The Labute approximate surface area is 146 Å². The van der Waals surface area contributed by atoms with Crippen molar-refractivity contribution in [1.29, 1.82) is 0 Å². The lowest BCUT2D eigenvalue weighted by atomic mass is 10.3. The van der Waals surface area contributed by atoms with Gasteiger partial charge in [-0.3, -0.25) is 9.32 Å². The second-order valence-corrected chi connectivity index (χ2v) is 6.94. The summed E-state index contributed by atoms with van der Waals surface area (Å²) in [5.41, 5.74) is 0. The Balaban J connectivity index is 3.19. The van der Waals surface area contributed by atoms with Crippen LogP contribution in [0.4, 0.5) is 22.0 Å². The van der Waals surface area contributed by atoms with E-state index in [0.29, 0.717) is 0 Å². The van der Waals surface area contributed by atoms with E-state index in [9.17, 15) is 31.3 Å². The van der Waals surface area contributed by atoms with E-state index in [1.807, 2.05) is 5.09 Å². The predicted molar refractivity (Wildman–Crippen MR) is 79.9 cm³/mol. The molecule has 0 aliphatic rings. The number of rotatable bonds is 8. The molecule has 0 unspecified atom stereocenters. The molecule has 1 aromatic rings. The molecule has 0 aliphatic heterocycles. The molecule has 1 rings (SSSR count). The van der Waals surface area contributed by atoms with Crippen molar-refractivity contribution in [2.24, 2.45) is 0 Å². The number of hydrogen-bond donors (Lipinski definition) is 1. The molecule has 26 heavy (non-hydrogen) atoms. The zero-order valence-corrected chi connectivity index (χ0v) is 15.1. The van der Waals surface area contributed by atoms with Gasteiger partial charge in [0.25, 0.3) is 0 Å². The molecular formula is C14H17F5NO5P. The van der Waals surface area contributed by atoms with E-state index in [1.54, 1.807) is 0 Å². The minimum absolute atomic E-state index is 0.328. The molecule has 1 aromatic carbocycles. The summed E-state index contributed by atoms with van der Waals surface area (Å²) in [5, 5.41) is 2.02. The fourth-order valence-electron chi connectivity index (χ4n) is 1.67. The highest BCUT2D eigenvalue weighted by Gasteiger charge is 2.36. The third kappa shape index (κ3) is 5.15. The molecule has 0 saturated carbocycles. The monoisotopic (exact) mass is 405 g/mol. The van der Waals surface area contributed by atoms with E-state index < -0.39 is 60.7 Å². The molecule has 2 atom stereocenters. The Morgan fingerprint density at radius 1 is 1.00 bits per heavy atom. The molecule has 0 bridgehead atoms. The molecular weight excluding hydrogens is 388 g/mol. The third-order valence-corrected chi connectivity index (χ3v) is 4.46. The summed E-state index contributed by atoms with van der Waals surface area (Å²) in [5.74, 6) is -14.3. The SMILES string of the molecule is CCO[P@@](=O)(N[C@@H](C)C(=O)OC(C)C)Oc1c(F)c(F)c(F)c(F)c1F. The van der Waals surface area contributed by atoms with Crippen molar-refractivity contribution in [1.82, 2.24) is 5.09 Å². The van der Waals surface area contributed by atoms with Crippen molar-refractivity contribution in [3.05, 3.63) is 29.1 Å². The minimum atomic E-state index is -4.69. The van der Waals surface area contributed by atoms with Gasteiger partial charge in [-0.25, -0.2) is 17.7 Å². The van der Waals surface area contributed by atoms with Crippen LogP contribution in [-0.4, -0.2) is 24.7 Å². The second kappa shape index (κ2) is 8.79. The normalized spacial score (nSPS) is 14.8. The van der Waals surface area contributed by atoms with Gasteiger partial charge in [0.15, 0.2) is 0 Å². The van der Waals surface area contributed by atoms with Gasteiger partial charge in [0.05, 0.1) is 12.7 Å². The highest BCUT2D eigenvalue weighted by atomic mass is 31.2. The smallest absolute Gasteiger partial charge is 0.459 e. The summed E-state index contributed by atoms with van der Waals surface area (Å²) < 4.78 is 93.5. The quantitative estimate of drug-likeness (QED) is 0.233. The van der Waals surface area contributed by atoms with Crippen LogP contribution >= 0.6 is 7.75 Å². The van der Waals surface area contributed by atoms with E-state index >= 15 is 0 Å². The number of carbonyl (C=O) groups is 1. The Morgan fingerprint density at radius 2 is 1.46 bits per heavy atom. The van der Waals surface area contributed by atoms with Crippen LogP contribution in [0.2, 0.25) is 0 Å². The van der Waals surface area contributed by atoms with Crippen LogP contribution in [0.1, 0.15) is 27.7 Å². The largest absolute Gasteiger partial charge is 0.462 e. The lowest BCUT2D eigenvalue weighted by molar-refractivity contribution is -0.149. The highest BCUT2D eigenvalue weighted by molar-refractivity contribution is 7.52. The maximum Gasteiger partial charge on any atom is 0.459 e. The fourth-order valence-corrected chi connectivity index (χ4v) is 3.17. The lowest BCUT2D eigenvalue weighted by Gasteiger charge is -2.23. The number of carbonyl (C=O) groups excluding carboxylic acids is 1. The molecule has 0 radical (unpaired) electrons. The van der Waals surface area contributed by atoms with E-state index in [0.717, 1.165) is 0 Å². The number of halogens is 5. The molecule has 0 aromatic heterocycles. The average Bonchev–Trinajstić information content (AvgIpc) is 2.54. The van der Waals surface area contributed by atoms with Crippen LogP contribution in [0, 0.1) is 29.1 Å². The molecule has 12 heteroatoms. The molecule has 0 spiro atoms. The van der Waals surface area contributed by atoms with Crippen LogP contribution in [0.5, 0.6) is 5.75 Å². The minimum Gasteiger partial charge on any atom is -0.462 e. The van der Waals surface area contributed by atoms with Gasteiger partial charge in [-0.2, -0.15) is 13.9 Å². The third-order valence-electron chi connectivity index (χ3n) is 2.74. The van der Waals surface area contributed by atoms with Crippen LogP contribution < -0.4 is 9.61 Å². The van der Waals surface area contributed by atoms with Crippen LogP contribution in [0.3, 0.4) is 0 Å². The maximum absolute atomic E-state index is 13.7. The van der Waals surface area contributed by atoms with Gasteiger partial charge in [0.2, 0.25) is 34.8 Å². The van der Waals surface area contributed by atoms with Crippen molar-refractivity contribution in [3.63, 3.8) is 0 Å². The zero-order chi connectivity index (χ0) is 20.2. The summed E-state index contributed by atoms with van der Waals surface area (Å²) in [6.07, 6.45) is -0.519. The summed E-state index contributed by atoms with van der Waals surface area (Å²) in [6.45, 7) is 5.26. The maximum atomic E-state index is 13.7. The first kappa shape index (κ1) is 22.3. The molecule has 148 valence electrons. The summed E-state index contributed by atoms with van der Waals surface area (Å²) in [7, 11) is -4.69. The Bertz CT molecular complexity index is 701. The molecule has 0 aliphatic carbocycles. The van der Waals surface area contributed by atoms with E-state index in [4.69, 9.17) is 9.26 Å². The number of benzene rings is 1. The molecule has 0 amide bonds. The molecule has 0 heterocycles. The van der Waals surface area contributed by atoms with Gasteiger partial charge in [0.1, 0.15) is 6.04 Å². The van der Waals surface area contributed by atoms with E-state index in [2.05, 4.69) is 4.52 Å². The molecule has 0 saturated heterocycles. The van der Waals surface area contributed by atoms with Gasteiger partial charge in [-0.15, -0.1) is 0 Å². The zero-order valence-electron chi connectivity index (χ0n) is 14.2. The first-order valence-electron chi connectivity index (χ1n) is 7.37. The lowest BCUT2D eigenvalue weighted by Crippen LogP contribution is -2.36. The highest BCUT2D eigenvalue weighted by Crippen LogP contribution is 2.47. The summed E-state index contributed by atoms with van der Waals surface area (Å²) >= 11 is 0. The second-order valence-electron chi connectivity index (χ2n) is 5.24. The van der Waals surface area contributed by atoms with Crippen molar-refractivity contribution in [2.45, 2.75) is 39.8 Å². The first-order chi connectivity index (χ1) is 11.9. The Morgan fingerprint density at radius 3 is 1.88 bits per heavy atom. The van der Waals surface area contributed by atoms with Crippen LogP contribution in [0.15, 0.2) is 0 Å². The van der Waals surface area contributed by atoms with E-state index in [1.165, 1.54) is 27.7 Å². The number of nitrogens with one attached hydrogen (secondary N) is 1. The predicted octanol–water partition coefficient (Wildman–Crippen LogP) is 3.84. The standard InChI is InChI=1S/C14H17F5NO5P/c1-5-23-26(22,20-7(4)14(21)24-6(2)3)25-13-11(18)9(16)8(15)10(17)12(13)19/h6-7H,5H2,1-4H3,(H,20,22)/t7-,26-/m0/s1. The van der Waals surface area contributed by atoms with Crippen LogP contribution in [-0.2, 0) is 18.6 Å². The molecule has 0 fully saturated rings. The van der Waals surface area contributed by atoms with Gasteiger partial charge in [-0.05, 0) is 27.7 Å². The Kier molecular flexibility index (Phi) is 7.55. The number of hydrogen-bond acceptors (Lipinski definition) is 5. The number of esters is 1. The fraction of sp³-hybridized carbons (Fsp3) is 0.500. The molecule has 6 nitrogen and oxygen atoms in total. The summed E-state index contributed by atoms with van der Waals surface area (Å²) in [4.78, 5) is 11.7. The topological polar surface area (TPSA) is 73.9 Å². The Hall–Kier alpha value is -1.71. The number of ether oxygens (including phenoxy) is 1. The van der Waals surface area contributed by atoms with Crippen molar-refractivity contribution in [2.75, 3.05) is 6.61 Å². The summed E-state index contributed by atoms with van der Waals surface area (Å²) in [6, 6.07) is -1.34. The van der Waals surface area contributed by atoms with Gasteiger partial charge < -0.3 is 9.26 Å². The molecule has 1 N–H and O–H groups in total.